The lowest BCUT2D eigenvalue weighted by atomic mass is 10.2. The first kappa shape index (κ1) is 13.3. The Morgan fingerprint density at radius 2 is 2.10 bits per heavy atom. The Morgan fingerprint density at radius 3 is 2.76 bits per heavy atom. The van der Waals surface area contributed by atoms with E-state index in [4.69, 9.17) is 5.73 Å². The minimum absolute atomic E-state index is 0.0265. The number of nitrogens with zero attached hydrogens (tertiary/aromatic N) is 4. The van der Waals surface area contributed by atoms with Gasteiger partial charge in [-0.05, 0) is 50.4 Å². The molecule has 5 nitrogen and oxygen atoms in total. The largest absolute Gasteiger partial charge is 0.324 e. The van der Waals surface area contributed by atoms with Crippen molar-refractivity contribution in [3.05, 3.63) is 29.7 Å². The van der Waals surface area contributed by atoms with E-state index in [-0.39, 0.29) is 6.04 Å². The lowest BCUT2D eigenvalue weighted by Gasteiger charge is -2.12. The fourth-order valence-electron chi connectivity index (χ4n) is 2.58. The molecule has 110 valence electrons. The van der Waals surface area contributed by atoms with Gasteiger partial charge in [0.15, 0.2) is 5.16 Å². The molecule has 0 aromatic carbocycles. The zero-order valence-corrected chi connectivity index (χ0v) is 12.9. The van der Waals surface area contributed by atoms with Crippen molar-refractivity contribution in [3.63, 3.8) is 0 Å². The van der Waals surface area contributed by atoms with Crippen molar-refractivity contribution >= 4 is 11.8 Å². The van der Waals surface area contributed by atoms with Crippen LogP contribution in [0.1, 0.15) is 62.0 Å². The molecule has 0 bridgehead atoms. The van der Waals surface area contributed by atoms with Gasteiger partial charge >= 0.3 is 0 Å². The predicted molar refractivity (Wildman–Crippen MR) is 81.2 cm³/mol. The molecule has 1 unspecified atom stereocenters. The number of rotatable bonds is 5. The summed E-state index contributed by atoms with van der Waals surface area (Å²) in [5.74, 6) is 1.81. The summed E-state index contributed by atoms with van der Waals surface area (Å²) in [4.78, 5) is 4.49. The third-order valence-electron chi connectivity index (χ3n) is 4.02. The average molecular weight is 301 g/mol. The van der Waals surface area contributed by atoms with Gasteiger partial charge in [-0.1, -0.05) is 6.07 Å². The SMILES string of the molecule is CC(N)c1cccnc1Sc1nnc(C2CC2)n1C1CC1. The number of hydrogen-bond donors (Lipinski definition) is 1. The maximum atomic E-state index is 6.05. The number of aromatic nitrogens is 4. The van der Waals surface area contributed by atoms with Crippen LogP contribution in [-0.4, -0.2) is 19.7 Å². The molecular weight excluding hydrogens is 282 g/mol. The van der Waals surface area contributed by atoms with Crippen LogP contribution < -0.4 is 5.73 Å². The first-order valence-corrected chi connectivity index (χ1v) is 8.39. The zero-order chi connectivity index (χ0) is 14.4. The molecule has 6 heteroatoms. The summed E-state index contributed by atoms with van der Waals surface area (Å²) in [6.07, 6.45) is 6.81. The first-order chi connectivity index (χ1) is 10.2. The lowest BCUT2D eigenvalue weighted by molar-refractivity contribution is 0.626. The average Bonchev–Trinajstić information content (AvgIpc) is 3.39. The summed E-state index contributed by atoms with van der Waals surface area (Å²) in [6, 6.07) is 4.55. The van der Waals surface area contributed by atoms with E-state index in [1.165, 1.54) is 31.5 Å². The van der Waals surface area contributed by atoms with Crippen LogP contribution in [0.4, 0.5) is 0 Å². The van der Waals surface area contributed by atoms with E-state index in [0.717, 1.165) is 15.7 Å². The van der Waals surface area contributed by atoms with Crippen LogP contribution in [0.2, 0.25) is 0 Å². The van der Waals surface area contributed by atoms with Crippen LogP contribution in [0.3, 0.4) is 0 Å². The molecule has 1 atom stereocenters. The van der Waals surface area contributed by atoms with Crippen LogP contribution in [0.5, 0.6) is 0 Å². The topological polar surface area (TPSA) is 69.6 Å². The van der Waals surface area contributed by atoms with Crippen molar-refractivity contribution in [2.75, 3.05) is 0 Å². The van der Waals surface area contributed by atoms with Gasteiger partial charge in [0.2, 0.25) is 0 Å². The third kappa shape index (κ3) is 2.58. The highest BCUT2D eigenvalue weighted by Crippen LogP contribution is 2.46. The second kappa shape index (κ2) is 5.10. The van der Waals surface area contributed by atoms with Gasteiger partial charge in [0.05, 0.1) is 0 Å². The lowest BCUT2D eigenvalue weighted by Crippen LogP contribution is -2.08. The standard InChI is InChI=1S/C15H19N5S/c1-9(16)12-3-2-8-17-14(12)21-15-19-18-13(10-4-5-10)20(15)11-6-7-11/h2-3,8-11H,4-7,16H2,1H3. The molecule has 2 aliphatic carbocycles. The Labute approximate surface area is 128 Å². The molecule has 0 spiro atoms. The van der Waals surface area contributed by atoms with E-state index in [2.05, 4.69) is 19.7 Å². The highest BCUT2D eigenvalue weighted by molar-refractivity contribution is 7.99. The molecule has 2 N–H and O–H groups in total. The Morgan fingerprint density at radius 1 is 1.29 bits per heavy atom. The van der Waals surface area contributed by atoms with Crippen LogP contribution in [0.25, 0.3) is 0 Å². The highest BCUT2D eigenvalue weighted by atomic mass is 32.2. The highest BCUT2D eigenvalue weighted by Gasteiger charge is 2.36. The smallest absolute Gasteiger partial charge is 0.197 e. The van der Waals surface area contributed by atoms with Crippen molar-refractivity contribution in [3.8, 4) is 0 Å². The summed E-state index contributed by atoms with van der Waals surface area (Å²) in [5.41, 5.74) is 7.12. The molecule has 0 saturated heterocycles. The summed E-state index contributed by atoms with van der Waals surface area (Å²) >= 11 is 1.60. The molecule has 4 rings (SSSR count). The van der Waals surface area contributed by atoms with Crippen LogP contribution in [0.15, 0.2) is 28.5 Å². The molecule has 2 heterocycles. The van der Waals surface area contributed by atoms with Crippen molar-refractivity contribution in [1.29, 1.82) is 0 Å². The summed E-state index contributed by atoms with van der Waals surface area (Å²) in [5, 5.41) is 10.8. The summed E-state index contributed by atoms with van der Waals surface area (Å²) in [6.45, 7) is 1.99. The van der Waals surface area contributed by atoms with E-state index in [1.54, 1.807) is 11.8 Å². The van der Waals surface area contributed by atoms with Crippen LogP contribution in [0, 0.1) is 0 Å². The van der Waals surface area contributed by atoms with Crippen molar-refractivity contribution in [2.24, 2.45) is 5.73 Å². The molecule has 2 fully saturated rings. The molecule has 0 amide bonds. The minimum Gasteiger partial charge on any atom is -0.324 e. The number of pyridine rings is 1. The van der Waals surface area contributed by atoms with Gasteiger partial charge in [-0.3, -0.25) is 0 Å². The Bertz CT molecular complexity index is 658. The molecule has 2 aromatic rings. The van der Waals surface area contributed by atoms with Gasteiger partial charge in [-0.2, -0.15) is 0 Å². The third-order valence-corrected chi connectivity index (χ3v) is 5.02. The Hall–Kier alpha value is -1.40. The minimum atomic E-state index is -0.0265. The van der Waals surface area contributed by atoms with Crippen molar-refractivity contribution in [1.82, 2.24) is 19.7 Å². The quantitative estimate of drug-likeness (QED) is 0.919. The van der Waals surface area contributed by atoms with E-state index >= 15 is 0 Å². The summed E-state index contributed by atoms with van der Waals surface area (Å²) in [7, 11) is 0. The fourth-order valence-corrected chi connectivity index (χ4v) is 3.66. The maximum absolute atomic E-state index is 6.05. The van der Waals surface area contributed by atoms with Crippen molar-refractivity contribution < 1.29 is 0 Å². The summed E-state index contributed by atoms with van der Waals surface area (Å²) < 4.78 is 2.35. The van der Waals surface area contributed by atoms with Gasteiger partial charge in [-0.25, -0.2) is 4.98 Å². The van der Waals surface area contributed by atoms with Crippen LogP contribution >= 0.6 is 11.8 Å². The van der Waals surface area contributed by atoms with Gasteiger partial charge in [0.1, 0.15) is 10.9 Å². The van der Waals surface area contributed by atoms with Gasteiger partial charge in [0.25, 0.3) is 0 Å². The molecule has 21 heavy (non-hydrogen) atoms. The molecule has 2 aromatic heterocycles. The second-order valence-corrected chi connectivity index (χ2v) is 6.96. The van der Waals surface area contributed by atoms with E-state index in [9.17, 15) is 0 Å². The Balaban J connectivity index is 1.68. The molecular formula is C15H19N5S. The van der Waals surface area contributed by atoms with E-state index < -0.39 is 0 Å². The first-order valence-electron chi connectivity index (χ1n) is 7.57. The fraction of sp³-hybridized carbons (Fsp3) is 0.533. The maximum Gasteiger partial charge on any atom is 0.197 e. The second-order valence-electron chi connectivity index (χ2n) is 6.00. The predicted octanol–water partition coefficient (Wildman–Crippen LogP) is 3.06. The zero-order valence-electron chi connectivity index (χ0n) is 12.1. The monoisotopic (exact) mass is 301 g/mol. The van der Waals surface area contributed by atoms with Gasteiger partial charge in [-0.15, -0.1) is 10.2 Å². The molecule has 2 saturated carbocycles. The van der Waals surface area contributed by atoms with E-state index in [1.807, 2.05) is 25.3 Å². The molecule has 0 radical (unpaired) electrons. The molecule has 2 aliphatic rings. The molecule has 0 aliphatic heterocycles. The van der Waals surface area contributed by atoms with Crippen molar-refractivity contribution in [2.45, 2.75) is 60.8 Å². The Kier molecular flexibility index (Phi) is 3.23. The van der Waals surface area contributed by atoms with Crippen LogP contribution in [-0.2, 0) is 0 Å². The number of hydrogen-bond acceptors (Lipinski definition) is 5. The van der Waals surface area contributed by atoms with Gasteiger partial charge < -0.3 is 10.3 Å². The number of nitrogens with two attached hydrogens (primary N) is 1. The normalized spacial score (nSPS) is 19.7. The van der Waals surface area contributed by atoms with Gasteiger partial charge in [0, 0.05) is 29.8 Å². The van der Waals surface area contributed by atoms with E-state index in [0.29, 0.717) is 12.0 Å².